The number of aromatic nitrogens is 1. The van der Waals surface area contributed by atoms with Gasteiger partial charge in [-0.1, -0.05) is 11.6 Å². The number of aromatic amines is 1. The van der Waals surface area contributed by atoms with Crippen LogP contribution >= 0.6 is 11.6 Å². The number of benzene rings is 1. The molecule has 2 amide bonds. The molecule has 1 heterocycles. The maximum absolute atomic E-state index is 12.1. The Kier molecular flexibility index (Phi) is 5.00. The molecule has 0 spiro atoms. The molecule has 2 aromatic rings. The summed E-state index contributed by atoms with van der Waals surface area (Å²) in [7, 11) is 0. The van der Waals surface area contributed by atoms with Gasteiger partial charge >= 0.3 is 6.09 Å². The summed E-state index contributed by atoms with van der Waals surface area (Å²) in [6, 6.07) is 5.58. The molecule has 0 bridgehead atoms. The van der Waals surface area contributed by atoms with Crippen LogP contribution in [0.15, 0.2) is 24.4 Å². The van der Waals surface area contributed by atoms with Gasteiger partial charge in [-0.05, 0) is 51.0 Å². The van der Waals surface area contributed by atoms with Crippen LogP contribution in [0.3, 0.4) is 0 Å². The zero-order valence-electron chi connectivity index (χ0n) is 13.8. The minimum absolute atomic E-state index is 0.254. The molecule has 1 aromatic heterocycles. The van der Waals surface area contributed by atoms with Gasteiger partial charge in [-0.25, -0.2) is 9.69 Å². The van der Waals surface area contributed by atoms with Crippen LogP contribution in [0.25, 0.3) is 10.9 Å². The van der Waals surface area contributed by atoms with Crippen molar-refractivity contribution < 1.29 is 14.3 Å². The molecule has 0 aliphatic rings. The predicted octanol–water partition coefficient (Wildman–Crippen LogP) is 4.15. The second-order valence-corrected chi connectivity index (χ2v) is 6.84. The first-order valence-corrected chi connectivity index (χ1v) is 7.82. The monoisotopic (exact) mass is 336 g/mol. The largest absolute Gasteiger partial charge is 0.443 e. The van der Waals surface area contributed by atoms with Crippen molar-refractivity contribution in [3.05, 3.63) is 35.0 Å². The number of hydrogen-bond donors (Lipinski definition) is 1. The molecular formula is C17H21ClN2O3. The van der Waals surface area contributed by atoms with Crippen LogP contribution in [0.4, 0.5) is 4.79 Å². The van der Waals surface area contributed by atoms with Crippen molar-refractivity contribution in [2.24, 2.45) is 0 Å². The summed E-state index contributed by atoms with van der Waals surface area (Å²) in [6.45, 7) is 6.92. The number of carbonyl (C=O) groups excluding carboxylic acids is 2. The molecule has 0 saturated heterocycles. The molecule has 0 unspecified atom stereocenters. The fraction of sp³-hybridized carbons (Fsp3) is 0.412. The van der Waals surface area contributed by atoms with Gasteiger partial charge in [0.05, 0.1) is 0 Å². The van der Waals surface area contributed by atoms with Gasteiger partial charge in [0, 0.05) is 35.6 Å². The molecule has 23 heavy (non-hydrogen) atoms. The Bertz CT molecular complexity index is 731. The van der Waals surface area contributed by atoms with Crippen LogP contribution in [0, 0.1) is 0 Å². The summed E-state index contributed by atoms with van der Waals surface area (Å²) >= 11 is 6.03. The third-order valence-corrected chi connectivity index (χ3v) is 3.56. The van der Waals surface area contributed by atoms with Crippen LogP contribution in [0.5, 0.6) is 0 Å². The van der Waals surface area contributed by atoms with Crippen LogP contribution < -0.4 is 0 Å². The third kappa shape index (κ3) is 4.48. The van der Waals surface area contributed by atoms with Crippen LogP contribution in [0.1, 0.15) is 33.3 Å². The van der Waals surface area contributed by atoms with E-state index in [-0.39, 0.29) is 12.5 Å². The van der Waals surface area contributed by atoms with E-state index < -0.39 is 11.7 Å². The van der Waals surface area contributed by atoms with Crippen LogP contribution in [-0.4, -0.2) is 34.0 Å². The van der Waals surface area contributed by atoms with E-state index in [9.17, 15) is 9.59 Å². The first kappa shape index (κ1) is 17.3. The minimum atomic E-state index is -0.640. The Balaban J connectivity index is 2.13. The van der Waals surface area contributed by atoms with Crippen molar-refractivity contribution in [2.75, 3.05) is 6.54 Å². The van der Waals surface area contributed by atoms with Crippen molar-refractivity contribution in [3.63, 3.8) is 0 Å². The molecule has 0 atom stereocenters. The minimum Gasteiger partial charge on any atom is -0.443 e. The smallest absolute Gasteiger partial charge is 0.417 e. The lowest BCUT2D eigenvalue weighted by atomic mass is 10.1. The lowest BCUT2D eigenvalue weighted by molar-refractivity contribution is -0.128. The quantitative estimate of drug-likeness (QED) is 0.915. The second kappa shape index (κ2) is 6.62. The molecule has 0 fully saturated rings. The Labute approximate surface area is 140 Å². The van der Waals surface area contributed by atoms with Crippen molar-refractivity contribution >= 4 is 34.5 Å². The average Bonchev–Trinajstić information content (AvgIpc) is 2.79. The van der Waals surface area contributed by atoms with E-state index in [0.717, 1.165) is 21.4 Å². The third-order valence-electron chi connectivity index (χ3n) is 3.33. The van der Waals surface area contributed by atoms with Crippen molar-refractivity contribution in [3.8, 4) is 0 Å². The Hall–Kier alpha value is -2.01. The second-order valence-electron chi connectivity index (χ2n) is 6.40. The van der Waals surface area contributed by atoms with Gasteiger partial charge in [0.15, 0.2) is 0 Å². The van der Waals surface area contributed by atoms with Gasteiger partial charge in [-0.2, -0.15) is 0 Å². The highest BCUT2D eigenvalue weighted by molar-refractivity contribution is 6.31. The molecule has 0 aliphatic carbocycles. The molecule has 2 rings (SSSR count). The Morgan fingerprint density at radius 3 is 2.61 bits per heavy atom. The SMILES string of the molecule is CC(=O)N(CCc1c[nH]c2ccc(Cl)cc12)C(=O)OC(C)(C)C. The summed E-state index contributed by atoms with van der Waals surface area (Å²) in [4.78, 5) is 28.2. The van der Waals surface area contributed by atoms with E-state index in [1.54, 1.807) is 20.8 Å². The molecule has 1 N–H and O–H groups in total. The lowest BCUT2D eigenvalue weighted by Crippen LogP contribution is -2.40. The highest BCUT2D eigenvalue weighted by Crippen LogP contribution is 2.23. The number of halogens is 1. The number of fused-ring (bicyclic) bond motifs is 1. The number of ether oxygens (including phenoxy) is 1. The van der Waals surface area contributed by atoms with Crippen LogP contribution in [-0.2, 0) is 16.0 Å². The van der Waals surface area contributed by atoms with E-state index in [1.165, 1.54) is 6.92 Å². The molecule has 1 aromatic carbocycles. The fourth-order valence-electron chi connectivity index (χ4n) is 2.28. The maximum Gasteiger partial charge on any atom is 0.417 e. The van der Waals surface area contributed by atoms with E-state index in [0.29, 0.717) is 11.4 Å². The Morgan fingerprint density at radius 1 is 1.30 bits per heavy atom. The van der Waals surface area contributed by atoms with E-state index in [4.69, 9.17) is 16.3 Å². The molecule has 0 aliphatic heterocycles. The topological polar surface area (TPSA) is 62.4 Å². The lowest BCUT2D eigenvalue weighted by Gasteiger charge is -2.25. The predicted molar refractivity (Wildman–Crippen MR) is 90.6 cm³/mol. The molecular weight excluding hydrogens is 316 g/mol. The van der Waals surface area contributed by atoms with E-state index >= 15 is 0 Å². The highest BCUT2D eigenvalue weighted by atomic mass is 35.5. The number of hydrogen-bond acceptors (Lipinski definition) is 3. The molecule has 6 heteroatoms. The van der Waals surface area contributed by atoms with Gasteiger partial charge in [-0.15, -0.1) is 0 Å². The number of nitrogens with zero attached hydrogens (tertiary/aromatic N) is 1. The highest BCUT2D eigenvalue weighted by Gasteiger charge is 2.25. The number of amides is 2. The van der Waals surface area contributed by atoms with Crippen molar-refractivity contribution in [1.82, 2.24) is 9.88 Å². The van der Waals surface area contributed by atoms with Gasteiger partial charge < -0.3 is 9.72 Å². The maximum atomic E-state index is 12.1. The zero-order valence-corrected chi connectivity index (χ0v) is 14.5. The molecule has 124 valence electrons. The van der Waals surface area contributed by atoms with Gasteiger partial charge in [0.1, 0.15) is 5.60 Å². The molecule has 5 nitrogen and oxygen atoms in total. The normalized spacial score (nSPS) is 11.5. The number of nitrogens with one attached hydrogen (secondary N) is 1. The molecule has 0 saturated carbocycles. The van der Waals surface area contributed by atoms with E-state index in [1.807, 2.05) is 24.4 Å². The van der Waals surface area contributed by atoms with Crippen molar-refractivity contribution in [1.29, 1.82) is 0 Å². The summed E-state index contributed by atoms with van der Waals surface area (Å²) in [5, 5.41) is 1.64. The summed E-state index contributed by atoms with van der Waals surface area (Å²) in [5.41, 5.74) is 1.33. The van der Waals surface area contributed by atoms with Gasteiger partial charge in [0.2, 0.25) is 5.91 Å². The summed E-state index contributed by atoms with van der Waals surface area (Å²) in [5.74, 6) is -0.336. The van der Waals surface area contributed by atoms with Crippen LogP contribution in [0.2, 0.25) is 5.02 Å². The number of imide groups is 1. The standard InChI is InChI=1S/C17H21ClN2O3/c1-11(21)20(16(22)23-17(2,3)4)8-7-12-10-19-15-6-5-13(18)9-14(12)15/h5-6,9-10,19H,7-8H2,1-4H3. The summed E-state index contributed by atoms with van der Waals surface area (Å²) in [6.07, 6.45) is 1.77. The first-order chi connectivity index (χ1) is 10.7. The number of H-pyrrole nitrogens is 1. The molecule has 0 radical (unpaired) electrons. The average molecular weight is 337 g/mol. The summed E-state index contributed by atoms with van der Waals surface area (Å²) < 4.78 is 5.27. The number of carbonyl (C=O) groups is 2. The fourth-order valence-corrected chi connectivity index (χ4v) is 2.46. The van der Waals surface area contributed by atoms with Gasteiger partial charge in [0.25, 0.3) is 0 Å². The zero-order chi connectivity index (χ0) is 17.2. The van der Waals surface area contributed by atoms with Crippen molar-refractivity contribution in [2.45, 2.75) is 39.7 Å². The van der Waals surface area contributed by atoms with Gasteiger partial charge in [-0.3, -0.25) is 4.79 Å². The number of rotatable bonds is 3. The van der Waals surface area contributed by atoms with E-state index in [2.05, 4.69) is 4.98 Å². The Morgan fingerprint density at radius 2 is 2.00 bits per heavy atom. The first-order valence-electron chi connectivity index (χ1n) is 7.44.